The van der Waals surface area contributed by atoms with Crippen molar-refractivity contribution in [3.05, 3.63) is 0 Å². The van der Waals surface area contributed by atoms with Crippen LogP contribution >= 0.6 is 0 Å². The molecule has 174 valence electrons. The highest BCUT2D eigenvalue weighted by molar-refractivity contribution is 5.66. The number of aliphatic carboxylic acids is 1. The van der Waals surface area contributed by atoms with E-state index in [0.717, 1.165) is 0 Å². The van der Waals surface area contributed by atoms with Crippen molar-refractivity contribution < 1.29 is 28.8 Å². The molecule has 6 heteroatoms. The highest BCUT2D eigenvalue weighted by atomic mass is 16.6. The Morgan fingerprint density at radius 1 is 0.655 bits per heavy atom. The van der Waals surface area contributed by atoms with Gasteiger partial charge in [0.15, 0.2) is 0 Å². The molecule has 1 N–H and O–H groups in total. The number of carboxylic acids is 1. The van der Waals surface area contributed by atoms with Crippen molar-refractivity contribution in [2.75, 3.05) is 46.2 Å². The molecule has 0 aliphatic carbocycles. The third-order valence-corrected chi connectivity index (χ3v) is 4.79. The molecule has 0 aromatic rings. The van der Waals surface area contributed by atoms with E-state index in [1.807, 2.05) is 0 Å². The van der Waals surface area contributed by atoms with Crippen molar-refractivity contribution in [1.82, 2.24) is 0 Å². The van der Waals surface area contributed by atoms with E-state index in [0.29, 0.717) is 45.7 Å². The van der Waals surface area contributed by atoms with Crippen molar-refractivity contribution >= 4 is 5.97 Å². The van der Waals surface area contributed by atoms with E-state index in [4.69, 9.17) is 24.1 Å². The van der Waals surface area contributed by atoms with Gasteiger partial charge >= 0.3 is 5.97 Å². The van der Waals surface area contributed by atoms with Gasteiger partial charge in [-0.1, -0.05) is 71.6 Å². The van der Waals surface area contributed by atoms with E-state index < -0.39 is 5.97 Å². The second kappa shape index (κ2) is 23.6. The molecule has 0 rings (SSSR count). The summed E-state index contributed by atoms with van der Waals surface area (Å²) in [4.78, 5) is 10.3. The molecule has 0 bridgehead atoms. The largest absolute Gasteiger partial charge is 0.481 e. The zero-order chi connectivity index (χ0) is 21.4. The first-order valence-corrected chi connectivity index (χ1v) is 11.8. The molecule has 0 aliphatic heterocycles. The summed E-state index contributed by atoms with van der Waals surface area (Å²) in [6.07, 6.45) is 14.4. The lowest BCUT2D eigenvalue weighted by molar-refractivity contribution is -0.138. The van der Waals surface area contributed by atoms with Gasteiger partial charge in [0, 0.05) is 0 Å². The number of carboxylic acid groups (broad SMARTS) is 1. The maximum atomic E-state index is 10.3. The van der Waals surface area contributed by atoms with Crippen LogP contribution in [0.4, 0.5) is 0 Å². The predicted octanol–water partition coefficient (Wildman–Crippen LogP) is 5.23. The first-order valence-electron chi connectivity index (χ1n) is 11.8. The van der Waals surface area contributed by atoms with E-state index >= 15 is 0 Å². The van der Waals surface area contributed by atoms with E-state index in [2.05, 4.69) is 13.8 Å². The molecule has 0 aromatic heterocycles. The van der Waals surface area contributed by atoms with Gasteiger partial charge in [0.1, 0.15) is 0 Å². The van der Waals surface area contributed by atoms with Crippen LogP contribution < -0.4 is 0 Å². The highest BCUT2D eigenvalue weighted by Gasteiger charge is 2.09. The lowest BCUT2D eigenvalue weighted by Crippen LogP contribution is -2.18. The molecule has 0 fully saturated rings. The minimum absolute atomic E-state index is 0.0292. The number of ether oxygens (including phenoxy) is 4. The first kappa shape index (κ1) is 28.3. The van der Waals surface area contributed by atoms with Crippen LogP contribution in [-0.4, -0.2) is 63.4 Å². The Morgan fingerprint density at radius 3 is 1.62 bits per heavy atom. The van der Waals surface area contributed by atoms with Gasteiger partial charge < -0.3 is 24.1 Å². The van der Waals surface area contributed by atoms with E-state index in [1.165, 1.54) is 70.6 Å². The molecule has 0 heterocycles. The second-order valence-electron chi connectivity index (χ2n) is 7.53. The SMILES string of the molecule is CCCCCCCC(CCCCCC)OCCOCCOCCOCCC(=O)O. The lowest BCUT2D eigenvalue weighted by Gasteiger charge is -2.18. The van der Waals surface area contributed by atoms with Crippen molar-refractivity contribution in [3.8, 4) is 0 Å². The summed E-state index contributed by atoms with van der Waals surface area (Å²) in [5.41, 5.74) is 0. The number of hydrogen-bond donors (Lipinski definition) is 1. The molecule has 6 nitrogen and oxygen atoms in total. The van der Waals surface area contributed by atoms with Crippen LogP contribution in [-0.2, 0) is 23.7 Å². The van der Waals surface area contributed by atoms with Gasteiger partial charge in [-0.3, -0.25) is 4.79 Å². The molecule has 0 saturated carbocycles. The molecule has 0 radical (unpaired) electrons. The number of unbranched alkanes of at least 4 members (excludes halogenated alkanes) is 7. The minimum Gasteiger partial charge on any atom is -0.481 e. The third kappa shape index (κ3) is 23.5. The molecule has 0 aromatic carbocycles. The van der Waals surface area contributed by atoms with Crippen molar-refractivity contribution in [1.29, 1.82) is 0 Å². The van der Waals surface area contributed by atoms with Gasteiger partial charge in [-0.05, 0) is 12.8 Å². The zero-order valence-electron chi connectivity index (χ0n) is 19.0. The van der Waals surface area contributed by atoms with Crippen molar-refractivity contribution in [2.24, 2.45) is 0 Å². The summed E-state index contributed by atoms with van der Waals surface area (Å²) in [7, 11) is 0. The third-order valence-electron chi connectivity index (χ3n) is 4.79. The van der Waals surface area contributed by atoms with Crippen LogP contribution in [0.5, 0.6) is 0 Å². The molecule has 0 amide bonds. The van der Waals surface area contributed by atoms with Gasteiger partial charge in [0.05, 0.1) is 58.8 Å². The maximum absolute atomic E-state index is 10.3. The average molecular weight is 419 g/mol. The Morgan fingerprint density at radius 2 is 1.10 bits per heavy atom. The second-order valence-corrected chi connectivity index (χ2v) is 7.53. The smallest absolute Gasteiger partial charge is 0.305 e. The number of hydrogen-bond acceptors (Lipinski definition) is 5. The van der Waals surface area contributed by atoms with Crippen LogP contribution in [0.25, 0.3) is 0 Å². The van der Waals surface area contributed by atoms with Gasteiger partial charge in [-0.2, -0.15) is 0 Å². The molecule has 0 aliphatic rings. The van der Waals surface area contributed by atoms with Crippen molar-refractivity contribution in [2.45, 2.75) is 97.0 Å². The molecule has 1 unspecified atom stereocenters. The maximum Gasteiger partial charge on any atom is 0.305 e. The summed E-state index contributed by atoms with van der Waals surface area (Å²) in [6, 6.07) is 0. The summed E-state index contributed by atoms with van der Waals surface area (Å²) in [6.45, 7) is 7.88. The standard InChI is InChI=1S/C23H46O6/c1-3-5-7-9-11-13-22(12-10-8-6-4-2)29-21-20-28-19-18-27-17-16-26-15-14-23(24)25/h22H,3-21H2,1-2H3,(H,24,25). The van der Waals surface area contributed by atoms with Gasteiger partial charge in [-0.15, -0.1) is 0 Å². The normalized spacial score (nSPS) is 12.3. The zero-order valence-corrected chi connectivity index (χ0v) is 19.0. The summed E-state index contributed by atoms with van der Waals surface area (Å²) < 4.78 is 22.2. The monoisotopic (exact) mass is 418 g/mol. The van der Waals surface area contributed by atoms with E-state index in [-0.39, 0.29) is 13.0 Å². The number of carbonyl (C=O) groups is 1. The van der Waals surface area contributed by atoms with Gasteiger partial charge in [0.2, 0.25) is 0 Å². The minimum atomic E-state index is -0.846. The molecular formula is C23H46O6. The molecule has 1 atom stereocenters. The van der Waals surface area contributed by atoms with Crippen LogP contribution in [0.2, 0.25) is 0 Å². The molecule has 0 spiro atoms. The Balaban J connectivity index is 3.60. The lowest BCUT2D eigenvalue weighted by atomic mass is 10.0. The molecule has 29 heavy (non-hydrogen) atoms. The Kier molecular flexibility index (Phi) is 23.0. The topological polar surface area (TPSA) is 74.2 Å². The van der Waals surface area contributed by atoms with Crippen LogP contribution in [0.15, 0.2) is 0 Å². The predicted molar refractivity (Wildman–Crippen MR) is 117 cm³/mol. The van der Waals surface area contributed by atoms with Crippen LogP contribution in [0.1, 0.15) is 90.9 Å². The Hall–Kier alpha value is -0.690. The van der Waals surface area contributed by atoms with Crippen LogP contribution in [0.3, 0.4) is 0 Å². The quantitative estimate of drug-likeness (QED) is 0.216. The summed E-state index contributed by atoms with van der Waals surface area (Å²) in [5, 5.41) is 8.49. The molecular weight excluding hydrogens is 372 g/mol. The summed E-state index contributed by atoms with van der Waals surface area (Å²) in [5.74, 6) is -0.846. The van der Waals surface area contributed by atoms with E-state index in [1.54, 1.807) is 0 Å². The van der Waals surface area contributed by atoms with Gasteiger partial charge in [-0.25, -0.2) is 0 Å². The summed E-state index contributed by atoms with van der Waals surface area (Å²) >= 11 is 0. The molecule has 0 saturated heterocycles. The van der Waals surface area contributed by atoms with Crippen LogP contribution in [0, 0.1) is 0 Å². The highest BCUT2D eigenvalue weighted by Crippen LogP contribution is 2.15. The fourth-order valence-corrected chi connectivity index (χ4v) is 3.06. The fraction of sp³-hybridized carbons (Fsp3) is 0.957. The Labute approximate surface area is 178 Å². The number of rotatable bonds is 24. The first-order chi connectivity index (χ1) is 14.2. The Bertz CT molecular complexity index is 337. The van der Waals surface area contributed by atoms with Crippen molar-refractivity contribution in [3.63, 3.8) is 0 Å². The fourth-order valence-electron chi connectivity index (χ4n) is 3.06. The van der Waals surface area contributed by atoms with Gasteiger partial charge in [0.25, 0.3) is 0 Å². The van der Waals surface area contributed by atoms with E-state index in [9.17, 15) is 4.79 Å². The average Bonchev–Trinajstić information content (AvgIpc) is 2.70.